The van der Waals surface area contributed by atoms with Gasteiger partial charge < -0.3 is 5.32 Å². The number of aromatic nitrogens is 1. The number of pyridine rings is 1. The molecule has 0 aromatic carbocycles. The van der Waals surface area contributed by atoms with E-state index in [4.69, 9.17) is 10.4 Å². The van der Waals surface area contributed by atoms with Crippen LogP contribution in [0.5, 0.6) is 0 Å². The van der Waals surface area contributed by atoms with Crippen molar-refractivity contribution in [3.63, 3.8) is 0 Å². The second kappa shape index (κ2) is 6.06. The fourth-order valence-electron chi connectivity index (χ4n) is 1.56. The Morgan fingerprint density at radius 3 is 2.68 bits per heavy atom. The molecular formula is C11H9N5O4S2. The molecule has 0 unspecified atom stereocenters. The highest BCUT2D eigenvalue weighted by molar-refractivity contribution is 7.91. The molecule has 2 rings (SSSR count). The number of nitrogens with zero attached hydrogens (tertiary/aromatic N) is 3. The quantitative estimate of drug-likeness (QED) is 0.612. The number of nitro groups is 1. The average Bonchev–Trinajstić information content (AvgIpc) is 2.93. The largest absolute Gasteiger partial charge is 0.365 e. The Hall–Kier alpha value is -2.55. The van der Waals surface area contributed by atoms with Crippen molar-refractivity contribution in [2.24, 2.45) is 5.14 Å². The molecule has 114 valence electrons. The Balaban J connectivity index is 2.14. The first-order chi connectivity index (χ1) is 10.3. The van der Waals surface area contributed by atoms with Crippen molar-refractivity contribution in [3.8, 4) is 6.07 Å². The van der Waals surface area contributed by atoms with E-state index >= 15 is 0 Å². The molecule has 0 fully saturated rings. The fourth-order valence-corrected chi connectivity index (χ4v) is 3.28. The number of nitrogens with two attached hydrogens (primary N) is 1. The van der Waals surface area contributed by atoms with Crippen molar-refractivity contribution in [1.29, 1.82) is 5.26 Å². The zero-order valence-corrected chi connectivity index (χ0v) is 12.5. The summed E-state index contributed by atoms with van der Waals surface area (Å²) in [5, 5.41) is 27.4. The normalized spacial score (nSPS) is 10.9. The molecule has 0 spiro atoms. The van der Waals surface area contributed by atoms with E-state index in [0.717, 1.165) is 11.3 Å². The molecule has 0 atom stereocenters. The van der Waals surface area contributed by atoms with Gasteiger partial charge in [-0.05, 0) is 18.2 Å². The minimum atomic E-state index is -3.73. The lowest BCUT2D eigenvalue weighted by atomic mass is 10.3. The molecule has 2 heterocycles. The van der Waals surface area contributed by atoms with E-state index in [-0.39, 0.29) is 28.0 Å². The number of sulfonamides is 1. The number of hydrogen-bond acceptors (Lipinski definition) is 8. The minimum Gasteiger partial charge on any atom is -0.365 e. The maximum Gasteiger partial charge on any atom is 0.305 e. The number of nitrogens with one attached hydrogen (secondary N) is 1. The molecule has 0 saturated carbocycles. The van der Waals surface area contributed by atoms with Gasteiger partial charge in [-0.2, -0.15) is 5.26 Å². The Labute approximate surface area is 129 Å². The minimum absolute atomic E-state index is 0.0404. The Kier molecular flexibility index (Phi) is 4.36. The number of primary sulfonamides is 1. The van der Waals surface area contributed by atoms with Gasteiger partial charge in [0.1, 0.15) is 16.1 Å². The van der Waals surface area contributed by atoms with Crippen LogP contribution in [-0.2, 0) is 16.6 Å². The molecular weight excluding hydrogens is 330 g/mol. The van der Waals surface area contributed by atoms with Gasteiger partial charge in [-0.25, -0.2) is 18.5 Å². The molecule has 11 heteroatoms. The number of rotatable bonds is 5. The van der Waals surface area contributed by atoms with Crippen LogP contribution in [0.15, 0.2) is 28.5 Å². The van der Waals surface area contributed by atoms with Crippen molar-refractivity contribution >= 4 is 32.9 Å². The van der Waals surface area contributed by atoms with E-state index in [1.54, 1.807) is 12.1 Å². The van der Waals surface area contributed by atoms with Crippen LogP contribution >= 0.6 is 11.3 Å². The fraction of sp³-hybridized carbons (Fsp3) is 0.0909. The monoisotopic (exact) mass is 339 g/mol. The number of nitriles is 1. The van der Waals surface area contributed by atoms with Gasteiger partial charge in [-0.1, -0.05) is 0 Å². The third-order valence-corrected chi connectivity index (χ3v) is 5.06. The SMILES string of the molecule is N#Cc1nc(NCc2ccc(S(N)(=O)=O)s2)ccc1[N+](=O)[O-]. The van der Waals surface area contributed by atoms with E-state index in [2.05, 4.69) is 10.3 Å². The van der Waals surface area contributed by atoms with Gasteiger partial charge in [0, 0.05) is 10.9 Å². The van der Waals surface area contributed by atoms with Crippen molar-refractivity contribution in [2.45, 2.75) is 10.8 Å². The lowest BCUT2D eigenvalue weighted by Gasteiger charge is -2.04. The molecule has 0 aliphatic rings. The van der Waals surface area contributed by atoms with E-state index in [0.29, 0.717) is 4.88 Å². The molecule has 0 amide bonds. The van der Waals surface area contributed by atoms with Crippen molar-refractivity contribution in [3.05, 3.63) is 45.0 Å². The second-order valence-corrected chi connectivity index (χ2v) is 7.01. The summed E-state index contributed by atoms with van der Waals surface area (Å²) < 4.78 is 22.4. The molecule has 9 nitrogen and oxygen atoms in total. The van der Waals surface area contributed by atoms with Crippen LogP contribution in [0.25, 0.3) is 0 Å². The lowest BCUT2D eigenvalue weighted by molar-refractivity contribution is -0.385. The van der Waals surface area contributed by atoms with Crippen molar-refractivity contribution < 1.29 is 13.3 Å². The molecule has 0 radical (unpaired) electrons. The predicted octanol–water partition coefficient (Wildman–Crippen LogP) is 1.18. The van der Waals surface area contributed by atoms with Crippen LogP contribution in [0.2, 0.25) is 0 Å². The summed E-state index contributed by atoms with van der Waals surface area (Å²) in [7, 11) is -3.73. The highest BCUT2D eigenvalue weighted by Gasteiger charge is 2.16. The second-order valence-electron chi connectivity index (χ2n) is 4.05. The maximum absolute atomic E-state index is 11.2. The van der Waals surface area contributed by atoms with Crippen molar-refractivity contribution in [2.75, 3.05) is 5.32 Å². The number of hydrogen-bond donors (Lipinski definition) is 2. The van der Waals surface area contributed by atoms with Crippen molar-refractivity contribution in [1.82, 2.24) is 4.98 Å². The van der Waals surface area contributed by atoms with Crippen LogP contribution in [0.3, 0.4) is 0 Å². The summed E-state index contributed by atoms with van der Waals surface area (Å²) in [4.78, 5) is 14.5. The number of anilines is 1. The Bertz CT molecular complexity index is 869. The van der Waals surface area contributed by atoms with Gasteiger partial charge >= 0.3 is 5.69 Å². The lowest BCUT2D eigenvalue weighted by Crippen LogP contribution is -2.09. The maximum atomic E-state index is 11.2. The third-order valence-electron chi connectivity index (χ3n) is 2.54. The predicted molar refractivity (Wildman–Crippen MR) is 78.6 cm³/mol. The zero-order valence-electron chi connectivity index (χ0n) is 10.9. The summed E-state index contributed by atoms with van der Waals surface area (Å²) in [6.07, 6.45) is 0. The van der Waals surface area contributed by atoms with E-state index in [1.165, 1.54) is 18.2 Å². The molecule has 2 aromatic rings. The molecule has 3 N–H and O–H groups in total. The third kappa shape index (κ3) is 3.55. The summed E-state index contributed by atoms with van der Waals surface area (Å²) >= 11 is 1.00. The van der Waals surface area contributed by atoms with Crippen LogP contribution in [0.1, 0.15) is 10.6 Å². The van der Waals surface area contributed by atoms with E-state index in [9.17, 15) is 18.5 Å². The average molecular weight is 339 g/mol. The van der Waals surface area contributed by atoms with Crippen LogP contribution in [0.4, 0.5) is 11.5 Å². The van der Waals surface area contributed by atoms with Crippen LogP contribution in [0, 0.1) is 21.4 Å². The van der Waals surface area contributed by atoms with Gasteiger partial charge in [-0.15, -0.1) is 11.3 Å². The van der Waals surface area contributed by atoms with E-state index in [1.807, 2.05) is 0 Å². The van der Waals surface area contributed by atoms with Crippen LogP contribution in [-0.4, -0.2) is 18.3 Å². The topological polar surface area (TPSA) is 152 Å². The summed E-state index contributed by atoms with van der Waals surface area (Å²) in [5.41, 5.74) is -0.674. The zero-order chi connectivity index (χ0) is 16.3. The van der Waals surface area contributed by atoms with Gasteiger partial charge in [0.05, 0.1) is 11.5 Å². The molecule has 2 aromatic heterocycles. The standard InChI is InChI=1S/C11H9N5O4S2/c12-5-8-9(16(17)18)2-3-10(15-8)14-6-7-1-4-11(21-7)22(13,19)20/h1-4H,6H2,(H,14,15)(H2,13,19,20). The van der Waals surface area contributed by atoms with Crippen LogP contribution < -0.4 is 10.5 Å². The van der Waals surface area contributed by atoms with Gasteiger partial charge in [0.25, 0.3) is 0 Å². The van der Waals surface area contributed by atoms with Gasteiger partial charge in [0.2, 0.25) is 15.7 Å². The highest BCUT2D eigenvalue weighted by Crippen LogP contribution is 2.22. The molecule has 0 saturated heterocycles. The van der Waals surface area contributed by atoms with Gasteiger partial charge in [-0.3, -0.25) is 10.1 Å². The molecule has 0 bridgehead atoms. The molecule has 0 aliphatic carbocycles. The summed E-state index contributed by atoms with van der Waals surface area (Å²) in [5.74, 6) is 0.271. The van der Waals surface area contributed by atoms with Gasteiger partial charge in [0.15, 0.2) is 0 Å². The highest BCUT2D eigenvalue weighted by atomic mass is 32.2. The smallest absolute Gasteiger partial charge is 0.305 e. The summed E-state index contributed by atoms with van der Waals surface area (Å²) in [6.45, 7) is 0.246. The first-order valence-corrected chi connectivity index (χ1v) is 8.08. The first kappa shape index (κ1) is 15.8. The molecule has 22 heavy (non-hydrogen) atoms. The Morgan fingerprint density at radius 2 is 2.14 bits per heavy atom. The number of thiophene rings is 1. The summed E-state index contributed by atoms with van der Waals surface area (Å²) in [6, 6.07) is 7.18. The molecule has 0 aliphatic heterocycles. The van der Waals surface area contributed by atoms with E-state index < -0.39 is 14.9 Å². The first-order valence-electron chi connectivity index (χ1n) is 5.72. The Morgan fingerprint density at radius 1 is 1.41 bits per heavy atom.